The van der Waals surface area contributed by atoms with Gasteiger partial charge in [0.15, 0.2) is 5.78 Å². The Morgan fingerprint density at radius 3 is 2.73 bits per heavy atom. The lowest BCUT2D eigenvalue weighted by Gasteiger charge is -2.06. The van der Waals surface area contributed by atoms with Gasteiger partial charge in [0, 0.05) is 5.38 Å². The Hall–Kier alpha value is -1.23. The zero-order chi connectivity index (χ0) is 11.4. The number of aryl methyl sites for hydroxylation is 1. The van der Waals surface area contributed by atoms with Gasteiger partial charge in [0.2, 0.25) is 0 Å². The van der Waals surface area contributed by atoms with Crippen LogP contribution in [0.5, 0.6) is 0 Å². The summed E-state index contributed by atoms with van der Waals surface area (Å²) in [5.74, 6) is -1.36. The molecular weight excluding hydrogens is 214 g/mol. The van der Waals surface area contributed by atoms with Crippen molar-refractivity contribution in [2.45, 2.75) is 20.3 Å². The number of ketones is 1. The molecule has 0 amide bonds. The standard InChI is InChI=1S/C10H13NO3S/c1-6(10(13)14-3)9(12)4-8-5-15-7(2)11-8/h5-6H,4H2,1-3H3. The Bertz CT molecular complexity index is 372. The van der Waals surface area contributed by atoms with Crippen molar-refractivity contribution in [1.29, 1.82) is 0 Å². The average molecular weight is 227 g/mol. The van der Waals surface area contributed by atoms with Gasteiger partial charge in [0.25, 0.3) is 0 Å². The maximum Gasteiger partial charge on any atom is 0.315 e. The van der Waals surface area contributed by atoms with Crippen molar-refractivity contribution in [2.75, 3.05) is 7.11 Å². The van der Waals surface area contributed by atoms with Gasteiger partial charge in [-0.1, -0.05) is 0 Å². The van der Waals surface area contributed by atoms with Crippen molar-refractivity contribution in [1.82, 2.24) is 4.98 Å². The van der Waals surface area contributed by atoms with Crippen LogP contribution in [0.4, 0.5) is 0 Å². The minimum Gasteiger partial charge on any atom is -0.468 e. The summed E-state index contributed by atoms with van der Waals surface area (Å²) in [6.45, 7) is 3.43. The lowest BCUT2D eigenvalue weighted by molar-refractivity contribution is -0.148. The molecule has 15 heavy (non-hydrogen) atoms. The zero-order valence-corrected chi connectivity index (χ0v) is 9.76. The lowest BCUT2D eigenvalue weighted by Crippen LogP contribution is -2.23. The number of nitrogens with zero attached hydrogens (tertiary/aromatic N) is 1. The van der Waals surface area contributed by atoms with Gasteiger partial charge in [-0.05, 0) is 13.8 Å². The number of esters is 1. The third-order valence-electron chi connectivity index (χ3n) is 2.06. The monoisotopic (exact) mass is 227 g/mol. The van der Waals surface area contributed by atoms with Gasteiger partial charge in [0.1, 0.15) is 5.92 Å². The number of thiazole rings is 1. The largest absolute Gasteiger partial charge is 0.468 e. The minimum atomic E-state index is -0.711. The second kappa shape index (κ2) is 5.02. The number of methoxy groups -OCH3 is 1. The van der Waals surface area contributed by atoms with E-state index in [-0.39, 0.29) is 12.2 Å². The van der Waals surface area contributed by atoms with Crippen molar-refractivity contribution in [3.63, 3.8) is 0 Å². The molecule has 5 heteroatoms. The SMILES string of the molecule is COC(=O)C(C)C(=O)Cc1csc(C)n1. The van der Waals surface area contributed by atoms with Crippen molar-refractivity contribution < 1.29 is 14.3 Å². The van der Waals surface area contributed by atoms with E-state index in [9.17, 15) is 9.59 Å². The summed E-state index contributed by atoms with van der Waals surface area (Å²) in [4.78, 5) is 26.8. The highest BCUT2D eigenvalue weighted by Crippen LogP contribution is 2.11. The fraction of sp³-hybridized carbons (Fsp3) is 0.500. The van der Waals surface area contributed by atoms with Crippen LogP contribution in [-0.2, 0) is 20.7 Å². The number of Topliss-reactive ketones (excluding diaryl/α,β-unsaturated/α-hetero) is 1. The molecule has 82 valence electrons. The molecule has 1 rings (SSSR count). The van der Waals surface area contributed by atoms with Gasteiger partial charge < -0.3 is 4.74 Å². The van der Waals surface area contributed by atoms with E-state index in [1.165, 1.54) is 18.4 Å². The molecule has 1 unspecified atom stereocenters. The zero-order valence-electron chi connectivity index (χ0n) is 8.94. The van der Waals surface area contributed by atoms with E-state index in [1.807, 2.05) is 12.3 Å². The smallest absolute Gasteiger partial charge is 0.315 e. The summed E-state index contributed by atoms with van der Waals surface area (Å²) in [6.07, 6.45) is 0.195. The van der Waals surface area contributed by atoms with Crippen molar-refractivity contribution in [3.8, 4) is 0 Å². The predicted octanol–water partition coefficient (Wildman–Crippen LogP) is 1.37. The molecular formula is C10H13NO3S. The van der Waals surface area contributed by atoms with Crippen LogP contribution in [0.25, 0.3) is 0 Å². The van der Waals surface area contributed by atoms with Gasteiger partial charge >= 0.3 is 5.97 Å². The van der Waals surface area contributed by atoms with Gasteiger partial charge in [0.05, 0.1) is 24.2 Å². The highest BCUT2D eigenvalue weighted by atomic mass is 32.1. The molecule has 4 nitrogen and oxygen atoms in total. The molecule has 0 saturated heterocycles. The normalized spacial score (nSPS) is 12.2. The van der Waals surface area contributed by atoms with Crippen LogP contribution >= 0.6 is 11.3 Å². The summed E-state index contributed by atoms with van der Waals surface area (Å²) < 4.78 is 4.50. The fourth-order valence-corrected chi connectivity index (χ4v) is 1.74. The van der Waals surface area contributed by atoms with Crippen LogP contribution in [0.15, 0.2) is 5.38 Å². The van der Waals surface area contributed by atoms with Crippen molar-refractivity contribution in [2.24, 2.45) is 5.92 Å². The maximum atomic E-state index is 11.6. The number of ether oxygens (including phenoxy) is 1. The van der Waals surface area contributed by atoms with E-state index >= 15 is 0 Å². The molecule has 0 bridgehead atoms. The number of rotatable bonds is 4. The van der Waals surface area contributed by atoms with E-state index in [2.05, 4.69) is 9.72 Å². The second-order valence-electron chi connectivity index (χ2n) is 3.25. The molecule has 0 aromatic carbocycles. The number of aromatic nitrogens is 1. The van der Waals surface area contributed by atoms with Gasteiger partial charge in [-0.2, -0.15) is 0 Å². The van der Waals surface area contributed by atoms with Crippen LogP contribution in [0.1, 0.15) is 17.6 Å². The summed E-state index contributed by atoms with van der Waals surface area (Å²) >= 11 is 1.49. The van der Waals surface area contributed by atoms with Gasteiger partial charge in [-0.3, -0.25) is 9.59 Å². The van der Waals surface area contributed by atoms with Crippen LogP contribution in [0.3, 0.4) is 0 Å². The van der Waals surface area contributed by atoms with E-state index in [0.29, 0.717) is 0 Å². The van der Waals surface area contributed by atoms with E-state index in [1.54, 1.807) is 6.92 Å². The summed E-state index contributed by atoms with van der Waals surface area (Å²) in [6, 6.07) is 0. The molecule has 0 aliphatic carbocycles. The first-order chi connectivity index (χ1) is 7.04. The Morgan fingerprint density at radius 2 is 2.27 bits per heavy atom. The number of carbonyl (C=O) groups excluding carboxylic acids is 2. The molecule has 1 heterocycles. The van der Waals surface area contributed by atoms with Crippen molar-refractivity contribution >= 4 is 23.1 Å². The number of hydrogen-bond donors (Lipinski definition) is 0. The average Bonchev–Trinajstić information content (AvgIpc) is 2.61. The van der Waals surface area contributed by atoms with Gasteiger partial charge in [-0.25, -0.2) is 4.98 Å². The Labute approximate surface area is 92.3 Å². The molecule has 0 aliphatic heterocycles. The topological polar surface area (TPSA) is 56.3 Å². The lowest BCUT2D eigenvalue weighted by atomic mass is 10.0. The molecule has 0 spiro atoms. The second-order valence-corrected chi connectivity index (χ2v) is 4.31. The molecule has 0 fully saturated rings. The van der Waals surface area contributed by atoms with Crippen molar-refractivity contribution in [3.05, 3.63) is 16.1 Å². The summed E-state index contributed by atoms with van der Waals surface area (Å²) in [7, 11) is 1.28. The highest BCUT2D eigenvalue weighted by Gasteiger charge is 2.22. The Balaban J connectivity index is 2.59. The third-order valence-corrected chi connectivity index (χ3v) is 2.88. The van der Waals surface area contributed by atoms with Crippen LogP contribution < -0.4 is 0 Å². The van der Waals surface area contributed by atoms with E-state index in [0.717, 1.165) is 10.7 Å². The summed E-state index contributed by atoms with van der Waals surface area (Å²) in [5.41, 5.74) is 0.721. The first-order valence-electron chi connectivity index (χ1n) is 4.56. The molecule has 0 N–H and O–H groups in total. The molecule has 1 aromatic heterocycles. The molecule has 1 atom stereocenters. The Morgan fingerprint density at radius 1 is 1.60 bits per heavy atom. The van der Waals surface area contributed by atoms with E-state index < -0.39 is 11.9 Å². The maximum absolute atomic E-state index is 11.6. The molecule has 1 aromatic rings. The van der Waals surface area contributed by atoms with Crippen LogP contribution in [-0.4, -0.2) is 23.8 Å². The molecule has 0 radical (unpaired) electrons. The van der Waals surface area contributed by atoms with Crippen LogP contribution in [0.2, 0.25) is 0 Å². The Kier molecular flexibility index (Phi) is 3.96. The number of carbonyl (C=O) groups is 2. The quantitative estimate of drug-likeness (QED) is 0.576. The predicted molar refractivity (Wildman–Crippen MR) is 56.7 cm³/mol. The molecule has 0 saturated carbocycles. The summed E-state index contributed by atoms with van der Waals surface area (Å²) in [5, 5.41) is 2.75. The van der Waals surface area contributed by atoms with Gasteiger partial charge in [-0.15, -0.1) is 11.3 Å². The highest BCUT2D eigenvalue weighted by molar-refractivity contribution is 7.09. The number of hydrogen-bond acceptors (Lipinski definition) is 5. The molecule has 0 aliphatic rings. The minimum absolute atomic E-state index is 0.160. The first kappa shape index (κ1) is 11.8. The van der Waals surface area contributed by atoms with Crippen LogP contribution in [0, 0.1) is 12.8 Å². The third kappa shape index (κ3) is 3.13. The fourth-order valence-electron chi connectivity index (χ4n) is 1.13. The first-order valence-corrected chi connectivity index (χ1v) is 5.44. The van der Waals surface area contributed by atoms with E-state index in [4.69, 9.17) is 0 Å².